The molecule has 1 aliphatic rings. The number of hydrogen-bond acceptors (Lipinski definition) is 2. The number of carbonyl (C=O) groups excluding carboxylic acids is 1. The lowest BCUT2D eigenvalue weighted by molar-refractivity contribution is -0.120. The number of amides is 1. The maximum absolute atomic E-state index is 11.8. The summed E-state index contributed by atoms with van der Waals surface area (Å²) in [4.78, 5) is 11.8. The molecule has 1 amide bonds. The van der Waals surface area contributed by atoms with Crippen LogP contribution in [0, 0.1) is 0 Å². The van der Waals surface area contributed by atoms with E-state index in [2.05, 4.69) is 15.1 Å². The van der Waals surface area contributed by atoms with Crippen molar-refractivity contribution in [3.63, 3.8) is 0 Å². The monoisotopic (exact) mass is 287 g/mol. The molecule has 0 atom stereocenters. The molecule has 20 heavy (non-hydrogen) atoms. The molecule has 0 saturated heterocycles. The maximum Gasteiger partial charge on any atom is 0.244 e. The summed E-state index contributed by atoms with van der Waals surface area (Å²) in [5.74, 6) is -0.121. The van der Waals surface area contributed by atoms with Gasteiger partial charge in [-0.25, -0.2) is 5.43 Å². The minimum Gasteiger partial charge on any atom is -0.346 e. The Balaban J connectivity index is 1.62. The molecule has 0 aliphatic carbocycles. The van der Waals surface area contributed by atoms with E-state index in [0.717, 1.165) is 29.9 Å². The Kier molecular flexibility index (Phi) is 3.56. The number of benzene rings is 1. The topological polar surface area (TPSA) is 46.4 Å². The highest BCUT2D eigenvalue weighted by atomic mass is 35.5. The van der Waals surface area contributed by atoms with Gasteiger partial charge in [-0.15, -0.1) is 0 Å². The molecule has 1 N–H and O–H groups in total. The number of fused-ring (bicyclic) bond motifs is 1. The molecule has 2 aromatic rings. The summed E-state index contributed by atoms with van der Waals surface area (Å²) in [7, 11) is 0. The van der Waals surface area contributed by atoms with Crippen LogP contribution in [-0.2, 0) is 17.8 Å². The molecular formula is C15H14ClN3O. The third-order valence-electron chi connectivity index (χ3n) is 3.31. The fraction of sp³-hybridized carbons (Fsp3) is 0.200. The molecule has 0 spiro atoms. The molecule has 3 rings (SSSR count). The molecule has 0 unspecified atom stereocenters. The molecular weight excluding hydrogens is 274 g/mol. The molecule has 102 valence electrons. The number of hydrogen-bond donors (Lipinski definition) is 1. The van der Waals surface area contributed by atoms with Crippen molar-refractivity contribution in [2.45, 2.75) is 19.4 Å². The van der Waals surface area contributed by atoms with Crippen molar-refractivity contribution in [2.75, 3.05) is 0 Å². The van der Waals surface area contributed by atoms with Gasteiger partial charge in [-0.3, -0.25) is 4.79 Å². The SMILES string of the molecule is O=C(Cc1ccc(Cl)cc1)NN=C1CCn2cccc21. The first-order valence-corrected chi connectivity index (χ1v) is 6.85. The number of nitrogens with one attached hydrogen (secondary N) is 1. The first kappa shape index (κ1) is 12.9. The van der Waals surface area contributed by atoms with Crippen LogP contribution >= 0.6 is 11.6 Å². The largest absolute Gasteiger partial charge is 0.346 e. The molecule has 4 nitrogen and oxygen atoms in total. The van der Waals surface area contributed by atoms with Crippen LogP contribution < -0.4 is 5.43 Å². The summed E-state index contributed by atoms with van der Waals surface area (Å²) in [5, 5.41) is 4.89. The summed E-state index contributed by atoms with van der Waals surface area (Å²) >= 11 is 5.81. The van der Waals surface area contributed by atoms with Crippen molar-refractivity contribution in [3.05, 3.63) is 58.9 Å². The van der Waals surface area contributed by atoms with Crippen LogP contribution in [0.4, 0.5) is 0 Å². The minimum atomic E-state index is -0.121. The number of hydrazone groups is 1. The molecule has 0 fully saturated rings. The zero-order valence-corrected chi connectivity index (χ0v) is 11.6. The van der Waals surface area contributed by atoms with E-state index in [9.17, 15) is 4.79 Å². The molecule has 0 saturated carbocycles. The Morgan fingerprint density at radius 2 is 2.10 bits per heavy atom. The van der Waals surface area contributed by atoms with Gasteiger partial charge in [-0.2, -0.15) is 5.10 Å². The smallest absolute Gasteiger partial charge is 0.244 e. The molecule has 0 bridgehead atoms. The number of rotatable bonds is 3. The minimum absolute atomic E-state index is 0.121. The van der Waals surface area contributed by atoms with E-state index < -0.39 is 0 Å². The van der Waals surface area contributed by atoms with Crippen molar-refractivity contribution in [1.29, 1.82) is 0 Å². The van der Waals surface area contributed by atoms with Crippen molar-refractivity contribution < 1.29 is 4.79 Å². The predicted molar refractivity (Wildman–Crippen MR) is 78.9 cm³/mol. The van der Waals surface area contributed by atoms with E-state index in [1.54, 1.807) is 12.1 Å². The zero-order chi connectivity index (χ0) is 13.9. The first-order chi connectivity index (χ1) is 9.72. The summed E-state index contributed by atoms with van der Waals surface area (Å²) in [5.41, 5.74) is 5.55. The zero-order valence-electron chi connectivity index (χ0n) is 10.8. The number of carbonyl (C=O) groups is 1. The summed E-state index contributed by atoms with van der Waals surface area (Å²) < 4.78 is 2.13. The van der Waals surface area contributed by atoms with Crippen molar-refractivity contribution in [1.82, 2.24) is 9.99 Å². The first-order valence-electron chi connectivity index (χ1n) is 6.48. The maximum atomic E-state index is 11.8. The molecule has 1 aromatic heterocycles. The van der Waals surface area contributed by atoms with Gasteiger partial charge in [0.1, 0.15) is 0 Å². The van der Waals surface area contributed by atoms with E-state index in [-0.39, 0.29) is 5.91 Å². The van der Waals surface area contributed by atoms with Gasteiger partial charge in [0.25, 0.3) is 0 Å². The normalized spacial score (nSPS) is 15.3. The van der Waals surface area contributed by atoms with Crippen LogP contribution in [-0.4, -0.2) is 16.2 Å². The van der Waals surface area contributed by atoms with Gasteiger partial charge in [0.2, 0.25) is 5.91 Å². The fourth-order valence-corrected chi connectivity index (χ4v) is 2.42. The second kappa shape index (κ2) is 5.51. The third-order valence-corrected chi connectivity index (χ3v) is 3.56. The van der Waals surface area contributed by atoms with Crippen LogP contribution in [0.5, 0.6) is 0 Å². The van der Waals surface area contributed by atoms with Gasteiger partial charge >= 0.3 is 0 Å². The Morgan fingerprint density at radius 3 is 2.90 bits per heavy atom. The summed E-state index contributed by atoms with van der Waals surface area (Å²) in [6, 6.07) is 11.2. The van der Waals surface area contributed by atoms with Gasteiger partial charge in [-0.05, 0) is 29.8 Å². The Bertz CT molecular complexity index is 658. The summed E-state index contributed by atoms with van der Waals surface area (Å²) in [6.07, 6.45) is 3.18. The standard InChI is InChI=1S/C15H14ClN3O/c16-12-5-3-11(4-6-12)10-15(20)18-17-13-7-9-19-8-1-2-14(13)19/h1-6,8H,7,9-10H2,(H,18,20). The van der Waals surface area contributed by atoms with E-state index in [0.29, 0.717) is 11.4 Å². The Morgan fingerprint density at radius 1 is 1.30 bits per heavy atom. The molecule has 1 aliphatic heterocycles. The Hall–Kier alpha value is -2.07. The lowest BCUT2D eigenvalue weighted by atomic mass is 10.1. The predicted octanol–water partition coefficient (Wildman–Crippen LogP) is 2.61. The molecule has 0 radical (unpaired) electrons. The number of aromatic nitrogens is 1. The number of aryl methyl sites for hydroxylation is 1. The van der Waals surface area contributed by atoms with Crippen molar-refractivity contribution in [2.24, 2.45) is 5.10 Å². The number of halogens is 1. The molecule has 1 aromatic carbocycles. The van der Waals surface area contributed by atoms with E-state index >= 15 is 0 Å². The molecule has 2 heterocycles. The van der Waals surface area contributed by atoms with E-state index in [1.807, 2.05) is 30.5 Å². The van der Waals surface area contributed by atoms with Gasteiger partial charge in [-0.1, -0.05) is 23.7 Å². The average Bonchev–Trinajstić information content (AvgIpc) is 3.02. The second-order valence-corrected chi connectivity index (χ2v) is 5.17. The second-order valence-electron chi connectivity index (χ2n) is 4.73. The van der Waals surface area contributed by atoms with E-state index in [1.165, 1.54) is 0 Å². The van der Waals surface area contributed by atoms with Gasteiger partial charge in [0.05, 0.1) is 17.8 Å². The van der Waals surface area contributed by atoms with Crippen LogP contribution in [0.15, 0.2) is 47.7 Å². The summed E-state index contributed by atoms with van der Waals surface area (Å²) in [6.45, 7) is 0.925. The van der Waals surface area contributed by atoms with Crippen molar-refractivity contribution >= 4 is 23.2 Å². The van der Waals surface area contributed by atoms with Crippen LogP contribution in [0.25, 0.3) is 0 Å². The highest BCUT2D eigenvalue weighted by molar-refractivity contribution is 6.30. The van der Waals surface area contributed by atoms with E-state index in [4.69, 9.17) is 11.6 Å². The highest BCUT2D eigenvalue weighted by Crippen LogP contribution is 2.15. The Labute approximate surface area is 122 Å². The number of nitrogens with zero attached hydrogens (tertiary/aromatic N) is 2. The van der Waals surface area contributed by atoms with Crippen LogP contribution in [0.2, 0.25) is 5.02 Å². The van der Waals surface area contributed by atoms with Crippen molar-refractivity contribution in [3.8, 4) is 0 Å². The van der Waals surface area contributed by atoms with Gasteiger partial charge in [0.15, 0.2) is 0 Å². The lowest BCUT2D eigenvalue weighted by Gasteiger charge is -2.02. The molecule has 5 heteroatoms. The fourth-order valence-electron chi connectivity index (χ4n) is 2.30. The highest BCUT2D eigenvalue weighted by Gasteiger charge is 2.16. The third kappa shape index (κ3) is 2.75. The van der Waals surface area contributed by atoms with Gasteiger partial charge < -0.3 is 4.57 Å². The average molecular weight is 288 g/mol. The quantitative estimate of drug-likeness (QED) is 0.867. The van der Waals surface area contributed by atoms with Crippen LogP contribution in [0.3, 0.4) is 0 Å². The lowest BCUT2D eigenvalue weighted by Crippen LogP contribution is -2.21. The van der Waals surface area contributed by atoms with Crippen LogP contribution in [0.1, 0.15) is 17.7 Å². The van der Waals surface area contributed by atoms with Gasteiger partial charge in [0, 0.05) is 24.2 Å².